The van der Waals surface area contributed by atoms with Crippen molar-refractivity contribution >= 4 is 124 Å². The Morgan fingerprint density at radius 1 is 0.323 bits per heavy atom. The molecule has 5 fully saturated rings. The van der Waals surface area contributed by atoms with Gasteiger partial charge in [0.05, 0.1) is 12.5 Å². The standard InChI is InChI=1S/C83H135N19O25/c1-41(2)38-52(71(114)95-64(43(5)6)77(120)90-49(20-13-14-32-84)69(112)89-50(27-29-60(86)103)70(113)94-54(83(126)127)40-63(108)109)92-73(116)56-22-18-36-101(56)81(124)66(45(9)10)97-76(119)59-25-17-34-99(59)79(122)51(28-31-62(106)107)91-68(111)47(12)87-67(110)46(11)88-72(115)55-21-16-35-100(55)80(123)53(39-42(3)4)93-74(117)57-23-19-37-102(57)82(125)65(44(7)8)96-75(118)58-24-15-33-98(58)78(121)48(85)26-30-61(104)105/h41-59,64-66H,13-40,84-85H2,1-12H3,(H2,86,103)(H,87,110)(H,88,115)(H,89,112)(H,90,120)(H,91,111)(H,92,116)(H,93,117)(H,94,113)(H,95,114)(H,96,118)(H,97,119)(H,104,105)(H,106,107)(H,108,109)(H,126,127)/t46-,47-,48-,49-,50-,51-,52-,53-,54-,55-,56-,57-,58-,59-,64-,65-,66-/m0/s1. The Kier molecular flexibility index (Phi) is 42.2. The van der Waals surface area contributed by atoms with Crippen molar-refractivity contribution in [2.24, 2.45) is 46.8 Å². The lowest BCUT2D eigenvalue weighted by Gasteiger charge is -2.34. The minimum absolute atomic E-state index is 0.0109. The molecule has 21 N–H and O–H groups in total. The summed E-state index contributed by atoms with van der Waals surface area (Å²) < 4.78 is 0. The van der Waals surface area contributed by atoms with Crippen LogP contribution in [0.2, 0.25) is 0 Å². The maximum Gasteiger partial charge on any atom is 0.326 e. The van der Waals surface area contributed by atoms with E-state index in [1.54, 1.807) is 55.4 Å². The molecule has 5 heterocycles. The molecule has 5 rings (SSSR count). The molecule has 0 bridgehead atoms. The van der Waals surface area contributed by atoms with Crippen LogP contribution in [0.5, 0.6) is 0 Å². The van der Waals surface area contributed by atoms with Gasteiger partial charge in [-0.1, -0.05) is 69.2 Å². The number of carboxylic acid groups (broad SMARTS) is 4. The third kappa shape index (κ3) is 31.7. The Labute approximate surface area is 738 Å². The van der Waals surface area contributed by atoms with E-state index in [9.17, 15) is 116 Å². The quantitative estimate of drug-likeness (QED) is 0.0262. The van der Waals surface area contributed by atoms with Gasteiger partial charge in [0.15, 0.2) is 0 Å². The Hall–Kier alpha value is -11.2. The highest BCUT2D eigenvalue weighted by atomic mass is 16.4. The van der Waals surface area contributed by atoms with Crippen molar-refractivity contribution in [2.75, 3.05) is 39.3 Å². The van der Waals surface area contributed by atoms with Crippen molar-refractivity contribution in [2.45, 2.75) is 327 Å². The van der Waals surface area contributed by atoms with E-state index in [0.29, 0.717) is 32.1 Å². The molecule has 0 radical (unpaired) electrons. The molecule has 44 nitrogen and oxygen atoms in total. The number of nitrogens with one attached hydrogen (secondary N) is 11. The van der Waals surface area contributed by atoms with Crippen molar-refractivity contribution in [3.05, 3.63) is 0 Å². The van der Waals surface area contributed by atoms with E-state index in [1.807, 2.05) is 19.2 Å². The number of likely N-dealkylation sites (tertiary alicyclic amines) is 5. The molecule has 0 saturated carbocycles. The normalized spacial score (nSPS) is 20.3. The van der Waals surface area contributed by atoms with Gasteiger partial charge >= 0.3 is 23.9 Å². The molecule has 0 aromatic rings. The van der Waals surface area contributed by atoms with Crippen LogP contribution in [0, 0.1) is 29.6 Å². The second kappa shape index (κ2) is 50.4. The zero-order chi connectivity index (χ0) is 95.3. The molecule has 44 heteroatoms. The smallest absolute Gasteiger partial charge is 0.326 e. The van der Waals surface area contributed by atoms with Crippen LogP contribution >= 0.6 is 0 Å². The summed E-state index contributed by atoms with van der Waals surface area (Å²) in [5.74, 6) is -21.5. The number of amides is 17. The van der Waals surface area contributed by atoms with Crippen LogP contribution in [-0.2, 0) is 101 Å². The lowest BCUT2D eigenvalue weighted by atomic mass is 9.98. The summed E-state index contributed by atoms with van der Waals surface area (Å²) in [7, 11) is 0. The third-order valence-corrected chi connectivity index (χ3v) is 23.2. The summed E-state index contributed by atoms with van der Waals surface area (Å²) in [6.45, 7) is 20.2. The fraction of sp³-hybridized carbons (Fsp3) is 0.747. The number of rotatable bonds is 50. The Balaban J connectivity index is 1.21. The number of carbonyl (C=O) groups excluding carboxylic acids is 17. The molecule has 5 aliphatic rings. The van der Waals surface area contributed by atoms with Gasteiger partial charge in [-0.05, 0) is 166 Å². The van der Waals surface area contributed by atoms with Crippen LogP contribution in [-0.4, -0.2) is 311 Å². The van der Waals surface area contributed by atoms with E-state index in [4.69, 9.17) is 22.3 Å². The topological polar surface area (TPSA) is 666 Å². The van der Waals surface area contributed by atoms with Gasteiger partial charge in [-0.15, -0.1) is 0 Å². The average molecular weight is 1800 g/mol. The highest BCUT2D eigenvalue weighted by molar-refractivity contribution is 6.02. The summed E-state index contributed by atoms with van der Waals surface area (Å²) in [5.41, 5.74) is 17.1. The molecule has 0 spiro atoms. The van der Waals surface area contributed by atoms with E-state index in [2.05, 4.69) is 53.2 Å². The number of carboxylic acids is 4. The Morgan fingerprint density at radius 2 is 0.661 bits per heavy atom. The molecule has 17 atom stereocenters. The lowest BCUT2D eigenvalue weighted by molar-refractivity contribution is -0.147. The number of nitrogens with two attached hydrogens (primary N) is 3. The first-order valence-corrected chi connectivity index (χ1v) is 44.1. The number of carbonyl (C=O) groups is 21. The maximum atomic E-state index is 14.8. The second-order valence-electron chi connectivity index (χ2n) is 35.4. The first-order valence-electron chi connectivity index (χ1n) is 44.1. The molecule has 127 heavy (non-hydrogen) atoms. The zero-order valence-electron chi connectivity index (χ0n) is 74.8. The predicted molar refractivity (Wildman–Crippen MR) is 453 cm³/mol. The van der Waals surface area contributed by atoms with Gasteiger partial charge in [0, 0.05) is 52.0 Å². The monoisotopic (exact) mass is 1800 g/mol. The summed E-state index contributed by atoms with van der Waals surface area (Å²) in [5, 5.41) is 66.2. The van der Waals surface area contributed by atoms with E-state index in [0.717, 1.165) is 4.90 Å². The number of nitrogens with zero attached hydrogens (tertiary/aromatic N) is 5. The molecule has 0 aliphatic carbocycles. The van der Waals surface area contributed by atoms with Crippen molar-refractivity contribution in [3.63, 3.8) is 0 Å². The van der Waals surface area contributed by atoms with Gasteiger partial charge in [0.25, 0.3) is 0 Å². The first kappa shape index (κ1) is 106. The van der Waals surface area contributed by atoms with Gasteiger partial charge in [-0.3, -0.25) is 95.9 Å². The van der Waals surface area contributed by atoms with Gasteiger partial charge in [-0.25, -0.2) is 4.79 Å². The number of aliphatic carboxylic acids is 4. The van der Waals surface area contributed by atoms with Crippen molar-refractivity contribution in [1.82, 2.24) is 83.0 Å². The minimum atomic E-state index is -1.94. The third-order valence-electron chi connectivity index (χ3n) is 23.2. The SMILES string of the molecule is CC(C)C[C@H](NC(=O)[C@@H]1CCCN1C(=O)[C@@H](NC(=O)[C@@H]1CCCN1C(=O)[C@H](CCC(=O)O)NC(=O)[C@H](C)NC(=O)[C@H](C)NC(=O)[C@@H]1CCCN1C(=O)[C@H](CC(C)C)NC(=O)[C@@H]1CCCN1C(=O)[C@@H](NC(=O)[C@@H]1CCCN1C(=O)[C@@H](N)CCC(=O)O)C(C)C)C(C)C)C(=O)N[C@H](C(=O)N[C@@H](CCCCN)C(=O)N[C@@H](CCC(N)=O)C(=O)N[C@@H](CC(=O)O)C(=O)O)C(C)C. The average Bonchev–Trinajstić information content (AvgIpc) is 1.71. The van der Waals surface area contributed by atoms with Gasteiger partial charge in [0.2, 0.25) is 100 Å². The molecular formula is C83H135N19O25. The molecule has 0 aromatic carbocycles. The predicted octanol–water partition coefficient (Wildman–Crippen LogP) is -3.62. The van der Waals surface area contributed by atoms with Crippen molar-refractivity contribution in [3.8, 4) is 0 Å². The van der Waals surface area contributed by atoms with Crippen molar-refractivity contribution < 1.29 is 121 Å². The molecule has 17 amide bonds. The highest BCUT2D eigenvalue weighted by Gasteiger charge is 2.48. The Bertz CT molecular complexity index is 3980. The first-order chi connectivity index (χ1) is 59.6. The van der Waals surface area contributed by atoms with Crippen LogP contribution in [0.1, 0.15) is 224 Å². The number of hydrogen-bond donors (Lipinski definition) is 18. The minimum Gasteiger partial charge on any atom is -0.481 e. The summed E-state index contributed by atoms with van der Waals surface area (Å²) in [6.07, 6.45) is -0.370. The lowest BCUT2D eigenvalue weighted by Crippen LogP contribution is -2.61. The summed E-state index contributed by atoms with van der Waals surface area (Å²) in [4.78, 5) is 292. The van der Waals surface area contributed by atoms with Gasteiger partial charge < -0.3 is 121 Å². The van der Waals surface area contributed by atoms with Crippen LogP contribution < -0.4 is 75.7 Å². The summed E-state index contributed by atoms with van der Waals surface area (Å²) >= 11 is 0. The fourth-order valence-electron chi connectivity index (χ4n) is 16.2. The van der Waals surface area contributed by atoms with Gasteiger partial charge in [0.1, 0.15) is 96.7 Å². The summed E-state index contributed by atoms with van der Waals surface area (Å²) in [6, 6.07) is -22.6. The van der Waals surface area contributed by atoms with Crippen molar-refractivity contribution in [1.29, 1.82) is 0 Å². The van der Waals surface area contributed by atoms with E-state index in [-0.39, 0.29) is 128 Å². The van der Waals surface area contributed by atoms with Crippen LogP contribution in [0.4, 0.5) is 0 Å². The van der Waals surface area contributed by atoms with Crippen LogP contribution in [0.25, 0.3) is 0 Å². The largest absolute Gasteiger partial charge is 0.481 e. The van der Waals surface area contributed by atoms with E-state index < -0.39 is 277 Å². The second-order valence-corrected chi connectivity index (χ2v) is 35.4. The molecule has 0 aromatic heterocycles. The molecule has 5 saturated heterocycles. The maximum absolute atomic E-state index is 14.8. The Morgan fingerprint density at radius 3 is 1.07 bits per heavy atom. The number of unbranched alkanes of at least 4 members (excludes halogenated alkanes) is 1. The van der Waals surface area contributed by atoms with Gasteiger partial charge in [-0.2, -0.15) is 0 Å². The highest BCUT2D eigenvalue weighted by Crippen LogP contribution is 2.29. The van der Waals surface area contributed by atoms with Crippen LogP contribution in [0.3, 0.4) is 0 Å². The molecule has 0 unspecified atom stereocenters. The molecule has 5 aliphatic heterocycles. The van der Waals surface area contributed by atoms with Crippen LogP contribution in [0.15, 0.2) is 0 Å². The van der Waals surface area contributed by atoms with E-state index >= 15 is 0 Å². The number of hydrogen-bond acceptors (Lipinski definition) is 23. The zero-order valence-corrected chi connectivity index (χ0v) is 74.8. The fourth-order valence-corrected chi connectivity index (χ4v) is 16.2. The number of primary amides is 1. The molecule has 712 valence electrons. The molecular weight excluding hydrogens is 1660 g/mol. The van der Waals surface area contributed by atoms with E-state index in [1.165, 1.54) is 33.4 Å².